The van der Waals surface area contributed by atoms with Gasteiger partial charge in [0.25, 0.3) is 0 Å². The van der Waals surface area contributed by atoms with Crippen molar-refractivity contribution < 1.29 is 9.90 Å². The number of nitrogens with zero attached hydrogens (tertiary/aromatic N) is 1. The van der Waals surface area contributed by atoms with E-state index >= 15 is 0 Å². The Bertz CT molecular complexity index is 605. The lowest BCUT2D eigenvalue weighted by Gasteiger charge is -2.17. The largest absolute Gasteiger partial charge is 0.481 e. The quantitative estimate of drug-likeness (QED) is 0.907. The van der Waals surface area contributed by atoms with Crippen LogP contribution in [0.1, 0.15) is 37.4 Å². The van der Waals surface area contributed by atoms with E-state index in [4.69, 9.17) is 0 Å². The van der Waals surface area contributed by atoms with Crippen LogP contribution in [-0.4, -0.2) is 16.1 Å². The molecule has 0 aliphatic heterocycles. The van der Waals surface area contributed by atoms with Crippen molar-refractivity contribution in [3.8, 4) is 0 Å². The van der Waals surface area contributed by atoms with E-state index in [2.05, 4.69) is 4.98 Å². The monoisotopic (exact) mass is 257 g/mol. The van der Waals surface area contributed by atoms with Gasteiger partial charge < -0.3 is 5.11 Å². The van der Waals surface area contributed by atoms with E-state index in [1.54, 1.807) is 0 Å². The highest BCUT2D eigenvalue weighted by Crippen LogP contribution is 2.30. The second kappa shape index (κ2) is 5.39. The molecule has 1 N–H and O–H groups in total. The summed E-state index contributed by atoms with van der Waals surface area (Å²) in [6.45, 7) is 6.00. The van der Waals surface area contributed by atoms with Gasteiger partial charge in [0, 0.05) is 11.1 Å². The van der Waals surface area contributed by atoms with Crippen molar-refractivity contribution in [3.63, 3.8) is 0 Å². The van der Waals surface area contributed by atoms with Crippen LogP contribution in [0.15, 0.2) is 30.3 Å². The molecule has 0 bridgehead atoms. The molecule has 0 aliphatic rings. The average molecular weight is 257 g/mol. The molecule has 1 aromatic heterocycles. The van der Waals surface area contributed by atoms with Gasteiger partial charge in [0.1, 0.15) is 0 Å². The molecule has 0 saturated carbocycles. The highest BCUT2D eigenvalue weighted by atomic mass is 16.4. The molecule has 3 nitrogen and oxygen atoms in total. The standard InChI is InChI=1S/C16H19NO2/c1-10(2)8-14(16(18)19)13-9-11(3)17-15-7-5-4-6-12(13)15/h4-7,9-10,14H,8H2,1-3H3,(H,18,19). The Morgan fingerprint density at radius 3 is 2.63 bits per heavy atom. The van der Waals surface area contributed by atoms with Gasteiger partial charge in [-0.15, -0.1) is 0 Å². The van der Waals surface area contributed by atoms with Crippen molar-refractivity contribution in [1.29, 1.82) is 0 Å². The first-order valence-corrected chi connectivity index (χ1v) is 6.58. The summed E-state index contributed by atoms with van der Waals surface area (Å²) < 4.78 is 0. The van der Waals surface area contributed by atoms with Crippen LogP contribution >= 0.6 is 0 Å². The molecule has 1 heterocycles. The first-order valence-electron chi connectivity index (χ1n) is 6.58. The van der Waals surface area contributed by atoms with Crippen LogP contribution in [0.4, 0.5) is 0 Å². The Kier molecular flexibility index (Phi) is 3.84. The number of aromatic nitrogens is 1. The molecule has 1 atom stereocenters. The Morgan fingerprint density at radius 1 is 1.32 bits per heavy atom. The summed E-state index contributed by atoms with van der Waals surface area (Å²) in [5, 5.41) is 10.5. The van der Waals surface area contributed by atoms with Crippen molar-refractivity contribution in [2.75, 3.05) is 0 Å². The van der Waals surface area contributed by atoms with E-state index in [1.807, 2.05) is 51.1 Å². The zero-order valence-electron chi connectivity index (χ0n) is 11.6. The number of carboxylic acids is 1. The van der Waals surface area contributed by atoms with Gasteiger partial charge in [-0.1, -0.05) is 32.0 Å². The fourth-order valence-electron chi connectivity index (χ4n) is 2.46. The average Bonchev–Trinajstić information content (AvgIpc) is 2.34. The Balaban J connectivity index is 2.61. The minimum absolute atomic E-state index is 0.341. The number of carbonyl (C=O) groups is 1. The van der Waals surface area contributed by atoms with Gasteiger partial charge in [-0.3, -0.25) is 9.78 Å². The van der Waals surface area contributed by atoms with E-state index in [0.717, 1.165) is 22.2 Å². The summed E-state index contributed by atoms with van der Waals surface area (Å²) >= 11 is 0. The van der Waals surface area contributed by atoms with Crippen LogP contribution in [0.25, 0.3) is 10.9 Å². The Hall–Kier alpha value is -1.90. The molecule has 1 aromatic carbocycles. The van der Waals surface area contributed by atoms with E-state index in [-0.39, 0.29) is 0 Å². The Morgan fingerprint density at radius 2 is 2.00 bits per heavy atom. The van der Waals surface area contributed by atoms with Gasteiger partial charge in [-0.05, 0) is 37.0 Å². The summed E-state index contributed by atoms with van der Waals surface area (Å²) in [6.07, 6.45) is 0.642. The fourth-order valence-corrected chi connectivity index (χ4v) is 2.46. The molecule has 0 radical (unpaired) electrons. The number of fused-ring (bicyclic) bond motifs is 1. The molecule has 1 unspecified atom stereocenters. The number of carboxylic acid groups (broad SMARTS) is 1. The maximum Gasteiger partial charge on any atom is 0.311 e. The molecule has 3 heteroatoms. The number of pyridine rings is 1. The van der Waals surface area contributed by atoms with Gasteiger partial charge in [0.2, 0.25) is 0 Å². The molecular weight excluding hydrogens is 238 g/mol. The molecule has 100 valence electrons. The minimum Gasteiger partial charge on any atom is -0.481 e. The molecule has 0 aliphatic carbocycles. The SMILES string of the molecule is Cc1cc(C(CC(C)C)C(=O)O)c2ccccc2n1. The van der Waals surface area contributed by atoms with Crippen molar-refractivity contribution in [2.45, 2.75) is 33.1 Å². The number of benzene rings is 1. The van der Waals surface area contributed by atoms with E-state index < -0.39 is 11.9 Å². The lowest BCUT2D eigenvalue weighted by Crippen LogP contribution is -2.15. The molecular formula is C16H19NO2. The third kappa shape index (κ3) is 2.92. The molecule has 2 aromatic rings. The van der Waals surface area contributed by atoms with Gasteiger partial charge in [0.05, 0.1) is 11.4 Å². The van der Waals surface area contributed by atoms with Crippen LogP contribution in [0.3, 0.4) is 0 Å². The molecule has 19 heavy (non-hydrogen) atoms. The van der Waals surface area contributed by atoms with Crippen LogP contribution in [0, 0.1) is 12.8 Å². The molecule has 0 amide bonds. The second-order valence-electron chi connectivity index (χ2n) is 5.39. The topological polar surface area (TPSA) is 50.2 Å². The lowest BCUT2D eigenvalue weighted by molar-refractivity contribution is -0.139. The fraction of sp³-hybridized carbons (Fsp3) is 0.375. The van der Waals surface area contributed by atoms with Gasteiger partial charge in [-0.25, -0.2) is 0 Å². The highest BCUT2D eigenvalue weighted by molar-refractivity contribution is 5.88. The smallest absolute Gasteiger partial charge is 0.311 e. The van der Waals surface area contributed by atoms with Crippen LogP contribution in [0.5, 0.6) is 0 Å². The Labute approximate surface area is 113 Å². The van der Waals surface area contributed by atoms with E-state index in [0.29, 0.717) is 12.3 Å². The van der Waals surface area contributed by atoms with E-state index in [1.165, 1.54) is 0 Å². The van der Waals surface area contributed by atoms with Crippen molar-refractivity contribution >= 4 is 16.9 Å². The lowest BCUT2D eigenvalue weighted by atomic mass is 9.88. The van der Waals surface area contributed by atoms with Crippen LogP contribution in [0.2, 0.25) is 0 Å². The summed E-state index contributed by atoms with van der Waals surface area (Å²) in [6, 6.07) is 9.64. The predicted molar refractivity (Wildman–Crippen MR) is 76.3 cm³/mol. The number of rotatable bonds is 4. The number of aryl methyl sites for hydroxylation is 1. The van der Waals surface area contributed by atoms with Crippen molar-refractivity contribution in [2.24, 2.45) is 5.92 Å². The number of hydrogen-bond acceptors (Lipinski definition) is 2. The molecule has 0 spiro atoms. The maximum absolute atomic E-state index is 11.6. The zero-order chi connectivity index (χ0) is 14.0. The van der Waals surface area contributed by atoms with Crippen LogP contribution in [-0.2, 0) is 4.79 Å². The second-order valence-corrected chi connectivity index (χ2v) is 5.39. The summed E-state index contributed by atoms with van der Waals surface area (Å²) in [7, 11) is 0. The van der Waals surface area contributed by atoms with E-state index in [9.17, 15) is 9.90 Å². The van der Waals surface area contributed by atoms with Crippen LogP contribution < -0.4 is 0 Å². The van der Waals surface area contributed by atoms with Crippen molar-refractivity contribution in [1.82, 2.24) is 4.98 Å². The summed E-state index contributed by atoms with van der Waals surface area (Å²) in [5.41, 5.74) is 2.61. The third-order valence-corrected chi connectivity index (χ3v) is 3.26. The summed E-state index contributed by atoms with van der Waals surface area (Å²) in [4.78, 5) is 16.0. The molecule has 0 fully saturated rings. The summed E-state index contributed by atoms with van der Waals surface area (Å²) in [5.74, 6) is -0.885. The third-order valence-electron chi connectivity index (χ3n) is 3.26. The number of hydrogen-bond donors (Lipinski definition) is 1. The first kappa shape index (κ1) is 13.5. The zero-order valence-corrected chi connectivity index (χ0v) is 11.6. The highest BCUT2D eigenvalue weighted by Gasteiger charge is 2.23. The predicted octanol–water partition coefficient (Wildman–Crippen LogP) is 3.76. The van der Waals surface area contributed by atoms with Gasteiger partial charge >= 0.3 is 5.97 Å². The minimum atomic E-state index is -0.760. The maximum atomic E-state index is 11.6. The number of aliphatic carboxylic acids is 1. The van der Waals surface area contributed by atoms with Gasteiger partial charge in [0.15, 0.2) is 0 Å². The normalized spacial score (nSPS) is 12.8. The number of para-hydroxylation sites is 1. The molecule has 0 saturated heterocycles. The molecule has 2 rings (SSSR count). The van der Waals surface area contributed by atoms with Gasteiger partial charge in [-0.2, -0.15) is 0 Å². The van der Waals surface area contributed by atoms with Crippen molar-refractivity contribution in [3.05, 3.63) is 41.6 Å². The first-order chi connectivity index (χ1) is 8.99.